The van der Waals surface area contributed by atoms with E-state index in [1.165, 1.54) is 12.1 Å². The lowest BCUT2D eigenvalue weighted by Gasteiger charge is -2.34. The number of carbonyl (C=O) groups is 1. The molecule has 1 heterocycles. The van der Waals surface area contributed by atoms with Gasteiger partial charge in [0.15, 0.2) is 0 Å². The van der Waals surface area contributed by atoms with Crippen molar-refractivity contribution in [1.82, 2.24) is 9.80 Å². The largest absolute Gasteiger partial charge is 0.381 e. The molecule has 2 amide bonds. The van der Waals surface area contributed by atoms with Crippen LogP contribution in [0.3, 0.4) is 0 Å². The van der Waals surface area contributed by atoms with Crippen molar-refractivity contribution in [3.05, 3.63) is 28.5 Å². The molecule has 4 nitrogen and oxygen atoms in total. The third-order valence-electron chi connectivity index (χ3n) is 3.44. The monoisotopic (exact) mass is 343 g/mol. The molecule has 1 aromatic rings. The average Bonchev–Trinajstić information content (AvgIpc) is 2.42. The molecule has 1 fully saturated rings. The van der Waals surface area contributed by atoms with Crippen molar-refractivity contribution in [3.8, 4) is 0 Å². The third kappa shape index (κ3) is 3.62. The Kier molecular flexibility index (Phi) is 4.86. The molecule has 0 spiro atoms. The van der Waals surface area contributed by atoms with E-state index in [2.05, 4.69) is 21.2 Å². The fourth-order valence-electron chi connectivity index (χ4n) is 2.32. The summed E-state index contributed by atoms with van der Waals surface area (Å²) in [7, 11) is 3.53. The van der Waals surface area contributed by atoms with E-state index >= 15 is 0 Å². The number of anilines is 1. The van der Waals surface area contributed by atoms with Gasteiger partial charge in [0.2, 0.25) is 0 Å². The molecule has 2 rings (SSSR count). The smallest absolute Gasteiger partial charge is 0.319 e. The maximum atomic E-state index is 13.0. The Balaban J connectivity index is 1.90. The first kappa shape index (κ1) is 15.1. The van der Waals surface area contributed by atoms with Gasteiger partial charge < -0.3 is 15.1 Å². The van der Waals surface area contributed by atoms with Crippen LogP contribution in [-0.2, 0) is 0 Å². The van der Waals surface area contributed by atoms with Gasteiger partial charge in [-0.05, 0) is 47.0 Å². The summed E-state index contributed by atoms with van der Waals surface area (Å²) in [5.41, 5.74) is 0.892. The van der Waals surface area contributed by atoms with E-state index in [9.17, 15) is 9.18 Å². The van der Waals surface area contributed by atoms with Crippen LogP contribution in [-0.4, -0.2) is 49.1 Å². The van der Waals surface area contributed by atoms with Crippen molar-refractivity contribution in [2.24, 2.45) is 0 Å². The van der Waals surface area contributed by atoms with Crippen molar-refractivity contribution in [3.63, 3.8) is 0 Å². The Morgan fingerprint density at radius 3 is 2.60 bits per heavy atom. The van der Waals surface area contributed by atoms with Gasteiger partial charge in [-0.3, -0.25) is 0 Å². The highest BCUT2D eigenvalue weighted by atomic mass is 79.9. The van der Waals surface area contributed by atoms with Gasteiger partial charge in [-0.25, -0.2) is 9.18 Å². The predicted octanol–water partition coefficient (Wildman–Crippen LogP) is 3.15. The van der Waals surface area contributed by atoms with Gasteiger partial charge >= 0.3 is 6.03 Å². The first-order valence-electron chi connectivity index (χ1n) is 6.65. The number of carbonyl (C=O) groups excluding carboxylic acids is 1. The Morgan fingerprint density at radius 1 is 1.40 bits per heavy atom. The molecule has 0 unspecified atom stereocenters. The van der Waals surface area contributed by atoms with Gasteiger partial charge in [0.25, 0.3) is 0 Å². The van der Waals surface area contributed by atoms with Crippen LogP contribution in [0, 0.1) is 5.82 Å². The summed E-state index contributed by atoms with van der Waals surface area (Å²) in [6, 6.07) is 5.00. The molecule has 110 valence electrons. The van der Waals surface area contributed by atoms with E-state index in [-0.39, 0.29) is 11.8 Å². The number of halogens is 2. The summed E-state index contributed by atoms with van der Waals surface area (Å²) in [6.07, 6.45) is 1.78. The molecular formula is C14H19BrFN3O. The van der Waals surface area contributed by atoms with Crippen LogP contribution < -0.4 is 5.32 Å². The lowest BCUT2D eigenvalue weighted by molar-refractivity contribution is 0.158. The number of likely N-dealkylation sites (tertiary alicyclic amines) is 1. The van der Waals surface area contributed by atoms with E-state index in [0.29, 0.717) is 6.04 Å². The molecule has 1 aliphatic rings. The Labute approximate surface area is 127 Å². The molecule has 0 radical (unpaired) electrons. The molecule has 0 bridgehead atoms. The van der Waals surface area contributed by atoms with Crippen LogP contribution in [0.2, 0.25) is 0 Å². The summed E-state index contributed by atoms with van der Waals surface area (Å²) in [5, 5.41) is 3.40. The minimum absolute atomic E-state index is 0.0615. The Hall–Kier alpha value is -1.30. The van der Waals surface area contributed by atoms with Crippen LogP contribution in [0.4, 0.5) is 14.9 Å². The average molecular weight is 344 g/mol. The Bertz CT molecular complexity index is 487. The SMILES string of the molecule is CN(C)C(=O)N1CCC(Nc2ccc(F)cc2Br)CC1. The molecule has 20 heavy (non-hydrogen) atoms. The fourth-order valence-corrected chi connectivity index (χ4v) is 2.79. The normalized spacial score (nSPS) is 16.1. The molecule has 0 atom stereocenters. The zero-order valence-corrected chi connectivity index (χ0v) is 13.3. The summed E-state index contributed by atoms with van der Waals surface area (Å²) < 4.78 is 13.8. The maximum absolute atomic E-state index is 13.0. The molecule has 0 saturated carbocycles. The number of urea groups is 1. The quantitative estimate of drug-likeness (QED) is 0.895. The highest BCUT2D eigenvalue weighted by Gasteiger charge is 2.23. The highest BCUT2D eigenvalue weighted by Crippen LogP contribution is 2.25. The molecule has 0 aromatic heterocycles. The second kappa shape index (κ2) is 6.43. The number of rotatable bonds is 2. The molecular weight excluding hydrogens is 325 g/mol. The number of hydrogen-bond acceptors (Lipinski definition) is 2. The zero-order valence-electron chi connectivity index (χ0n) is 11.7. The summed E-state index contributed by atoms with van der Waals surface area (Å²) in [5.74, 6) is -0.256. The van der Waals surface area contributed by atoms with Crippen LogP contribution in [0.25, 0.3) is 0 Å². The van der Waals surface area contributed by atoms with Crippen molar-refractivity contribution < 1.29 is 9.18 Å². The number of benzene rings is 1. The second-order valence-electron chi connectivity index (χ2n) is 5.21. The number of nitrogens with zero attached hydrogens (tertiary/aromatic N) is 2. The van der Waals surface area contributed by atoms with E-state index in [0.717, 1.165) is 36.1 Å². The lowest BCUT2D eigenvalue weighted by atomic mass is 10.0. The second-order valence-corrected chi connectivity index (χ2v) is 6.06. The minimum Gasteiger partial charge on any atom is -0.381 e. The van der Waals surface area contributed by atoms with Gasteiger partial charge in [-0.15, -0.1) is 0 Å². The van der Waals surface area contributed by atoms with Crippen molar-refractivity contribution in [2.75, 3.05) is 32.5 Å². The topological polar surface area (TPSA) is 35.6 Å². The number of hydrogen-bond donors (Lipinski definition) is 1. The van der Waals surface area contributed by atoms with Crippen LogP contribution in [0.15, 0.2) is 22.7 Å². The van der Waals surface area contributed by atoms with E-state index < -0.39 is 0 Å². The van der Waals surface area contributed by atoms with Gasteiger partial charge in [0, 0.05) is 43.4 Å². The minimum atomic E-state index is -0.256. The van der Waals surface area contributed by atoms with Crippen LogP contribution in [0.1, 0.15) is 12.8 Å². The van der Waals surface area contributed by atoms with E-state index in [1.807, 2.05) is 4.90 Å². The number of piperidine rings is 1. The molecule has 1 aromatic carbocycles. The summed E-state index contributed by atoms with van der Waals surface area (Å²) in [4.78, 5) is 15.3. The first-order chi connectivity index (χ1) is 9.47. The molecule has 1 N–H and O–H groups in total. The van der Waals surface area contributed by atoms with Gasteiger partial charge in [0.05, 0.1) is 0 Å². The molecule has 6 heteroatoms. The highest BCUT2D eigenvalue weighted by molar-refractivity contribution is 9.10. The third-order valence-corrected chi connectivity index (χ3v) is 4.09. The maximum Gasteiger partial charge on any atom is 0.319 e. The molecule has 1 aliphatic heterocycles. The fraction of sp³-hybridized carbons (Fsp3) is 0.500. The van der Waals surface area contributed by atoms with Crippen molar-refractivity contribution >= 4 is 27.6 Å². The van der Waals surface area contributed by atoms with Gasteiger partial charge in [0.1, 0.15) is 5.82 Å². The first-order valence-corrected chi connectivity index (χ1v) is 7.44. The predicted molar refractivity (Wildman–Crippen MR) is 81.4 cm³/mol. The van der Waals surface area contributed by atoms with Gasteiger partial charge in [-0.1, -0.05) is 0 Å². The summed E-state index contributed by atoms with van der Waals surface area (Å²) in [6.45, 7) is 1.49. The van der Waals surface area contributed by atoms with E-state index in [4.69, 9.17) is 0 Å². The van der Waals surface area contributed by atoms with E-state index in [1.54, 1.807) is 25.1 Å². The van der Waals surface area contributed by atoms with Crippen molar-refractivity contribution in [2.45, 2.75) is 18.9 Å². The summed E-state index contributed by atoms with van der Waals surface area (Å²) >= 11 is 3.35. The zero-order chi connectivity index (χ0) is 14.7. The standard InChI is InChI=1S/C14H19BrFN3O/c1-18(2)14(20)19-7-5-11(6-8-19)17-13-4-3-10(16)9-12(13)15/h3-4,9,11,17H,5-8H2,1-2H3. The molecule has 0 aliphatic carbocycles. The lowest BCUT2D eigenvalue weighted by Crippen LogP contribution is -2.46. The van der Waals surface area contributed by atoms with Crippen LogP contribution in [0.5, 0.6) is 0 Å². The Morgan fingerprint density at radius 2 is 2.05 bits per heavy atom. The number of nitrogens with one attached hydrogen (secondary N) is 1. The van der Waals surface area contributed by atoms with Crippen molar-refractivity contribution in [1.29, 1.82) is 0 Å². The molecule has 1 saturated heterocycles. The van der Waals surface area contributed by atoms with Crippen LogP contribution >= 0.6 is 15.9 Å². The number of amides is 2. The van der Waals surface area contributed by atoms with Gasteiger partial charge in [-0.2, -0.15) is 0 Å².